The predicted octanol–water partition coefficient (Wildman–Crippen LogP) is -1.07. The number of carbonyl (C=O) groups excluding carboxylic acids is 2. The third-order valence-electron chi connectivity index (χ3n) is 4.13. The fourth-order valence-corrected chi connectivity index (χ4v) is 3.02. The number of carboxylic acid groups (broad SMARTS) is 1. The molecule has 3 rings (SSSR count). The lowest BCUT2D eigenvalue weighted by Crippen LogP contribution is -2.55. The highest BCUT2D eigenvalue weighted by Crippen LogP contribution is 2.32. The number of carbonyl (C=O) groups is 3. The molecule has 0 unspecified atom stereocenters. The normalized spacial score (nSPS) is 20.2. The summed E-state index contributed by atoms with van der Waals surface area (Å²) in [7, 11) is -1.50. The molecule has 1 aromatic carbocycles. The summed E-state index contributed by atoms with van der Waals surface area (Å²) < 4.78 is 5.33. The summed E-state index contributed by atoms with van der Waals surface area (Å²) in [4.78, 5) is 38.0. The molecular formula is C14H16BN3O6. The molecule has 0 spiro atoms. The smallest absolute Gasteiger partial charge is 0.534 e. The number of rotatable bonds is 4. The van der Waals surface area contributed by atoms with Crippen LogP contribution in [0.2, 0.25) is 0 Å². The molecule has 0 saturated carbocycles. The minimum atomic E-state index is -1.50. The molecule has 0 aromatic heterocycles. The Labute approximate surface area is 137 Å². The number of hydrogen-bond acceptors (Lipinski definition) is 6. The zero-order valence-corrected chi connectivity index (χ0v) is 12.7. The first kappa shape index (κ1) is 16.3. The summed E-state index contributed by atoms with van der Waals surface area (Å²) in [6.07, 6.45) is 0.117. The fraction of sp³-hybridized carbons (Fsp3) is 0.357. The Morgan fingerprint density at radius 2 is 2.17 bits per heavy atom. The Hall–Kier alpha value is -2.59. The van der Waals surface area contributed by atoms with Crippen molar-refractivity contribution >= 4 is 25.0 Å². The average Bonchev–Trinajstić information content (AvgIpc) is 2.80. The zero-order chi connectivity index (χ0) is 17.4. The van der Waals surface area contributed by atoms with Gasteiger partial charge in [0, 0.05) is 13.1 Å². The number of nitrogens with two attached hydrogens (primary N) is 1. The number of para-hydroxylation sites is 1. The number of amides is 3. The predicted molar refractivity (Wildman–Crippen MR) is 82.4 cm³/mol. The van der Waals surface area contributed by atoms with E-state index in [0.29, 0.717) is 5.56 Å². The Kier molecular flexibility index (Phi) is 4.16. The Bertz CT molecular complexity index is 712. The summed E-state index contributed by atoms with van der Waals surface area (Å²) in [5.41, 5.74) is 5.86. The third-order valence-corrected chi connectivity index (χ3v) is 4.13. The van der Waals surface area contributed by atoms with Crippen molar-refractivity contribution < 1.29 is 29.2 Å². The van der Waals surface area contributed by atoms with Gasteiger partial charge in [-0.15, -0.1) is 0 Å². The number of nitrogens with zero attached hydrogens (tertiary/aromatic N) is 2. The van der Waals surface area contributed by atoms with Crippen LogP contribution in [0.15, 0.2) is 18.2 Å². The molecule has 4 N–H and O–H groups in total. The van der Waals surface area contributed by atoms with E-state index in [9.17, 15) is 24.5 Å². The van der Waals surface area contributed by atoms with Gasteiger partial charge in [0.2, 0.25) is 5.91 Å². The number of aromatic carboxylic acids is 1. The Morgan fingerprint density at radius 3 is 2.83 bits per heavy atom. The first-order chi connectivity index (χ1) is 11.4. The average molecular weight is 333 g/mol. The monoisotopic (exact) mass is 333 g/mol. The van der Waals surface area contributed by atoms with Gasteiger partial charge in [-0.2, -0.15) is 0 Å². The number of benzene rings is 1. The van der Waals surface area contributed by atoms with Gasteiger partial charge < -0.3 is 25.4 Å². The lowest BCUT2D eigenvalue weighted by molar-refractivity contribution is -0.126. The van der Waals surface area contributed by atoms with Crippen molar-refractivity contribution in [2.45, 2.75) is 12.4 Å². The van der Waals surface area contributed by atoms with Crippen LogP contribution in [-0.2, 0) is 11.2 Å². The van der Waals surface area contributed by atoms with Crippen LogP contribution in [0.25, 0.3) is 0 Å². The van der Waals surface area contributed by atoms with Gasteiger partial charge in [0.05, 0.1) is 11.5 Å². The molecular weight excluding hydrogens is 317 g/mol. The van der Waals surface area contributed by atoms with Crippen LogP contribution in [0.3, 0.4) is 0 Å². The number of fused-ring (bicyclic) bond motifs is 1. The van der Waals surface area contributed by atoms with Crippen molar-refractivity contribution in [1.82, 2.24) is 9.80 Å². The van der Waals surface area contributed by atoms with Crippen molar-refractivity contribution in [2.24, 2.45) is 5.73 Å². The van der Waals surface area contributed by atoms with Crippen LogP contribution >= 0.6 is 0 Å². The molecule has 24 heavy (non-hydrogen) atoms. The summed E-state index contributed by atoms with van der Waals surface area (Å²) >= 11 is 0. The van der Waals surface area contributed by atoms with Gasteiger partial charge in [-0.1, -0.05) is 12.1 Å². The zero-order valence-electron chi connectivity index (χ0n) is 12.7. The highest BCUT2D eigenvalue weighted by molar-refractivity contribution is 6.47. The molecule has 2 heterocycles. The van der Waals surface area contributed by atoms with E-state index in [4.69, 9.17) is 10.4 Å². The van der Waals surface area contributed by atoms with Crippen molar-refractivity contribution in [1.29, 1.82) is 0 Å². The molecule has 2 aliphatic rings. The van der Waals surface area contributed by atoms with Crippen LogP contribution in [0.4, 0.5) is 4.79 Å². The van der Waals surface area contributed by atoms with Gasteiger partial charge >= 0.3 is 19.1 Å². The standard InChI is InChI=1S/C14H16BN3O6/c16-4-5-17-7-11(19)18(14(17)22)10-6-8-2-1-3-9(13(20)21)12(8)24-15(10)23/h1-3,10,23H,4-7,16H2,(H,20,21)/t10-/m0/s1. The molecule has 0 aliphatic carbocycles. The first-order valence-electron chi connectivity index (χ1n) is 7.45. The van der Waals surface area contributed by atoms with E-state index >= 15 is 0 Å². The lowest BCUT2D eigenvalue weighted by atomic mass is 9.71. The maximum atomic E-state index is 12.4. The van der Waals surface area contributed by atoms with Crippen LogP contribution in [0.5, 0.6) is 5.75 Å². The van der Waals surface area contributed by atoms with Gasteiger partial charge in [0.1, 0.15) is 12.3 Å². The molecule has 0 radical (unpaired) electrons. The molecule has 9 nitrogen and oxygen atoms in total. The largest absolute Gasteiger partial charge is 0.547 e. The Balaban J connectivity index is 1.89. The molecule has 0 bridgehead atoms. The first-order valence-corrected chi connectivity index (χ1v) is 7.45. The molecule has 1 saturated heterocycles. The van der Waals surface area contributed by atoms with Crippen LogP contribution in [0.1, 0.15) is 15.9 Å². The SMILES string of the molecule is NCCN1CC(=O)N([C@H]2Cc3cccc(C(=O)O)c3OB2O)C1=O. The van der Waals surface area contributed by atoms with E-state index in [1.165, 1.54) is 11.0 Å². The van der Waals surface area contributed by atoms with E-state index in [2.05, 4.69) is 0 Å². The molecule has 3 amide bonds. The van der Waals surface area contributed by atoms with Crippen molar-refractivity contribution in [3.05, 3.63) is 29.3 Å². The van der Waals surface area contributed by atoms with Crippen LogP contribution < -0.4 is 10.4 Å². The lowest BCUT2D eigenvalue weighted by Gasteiger charge is -2.32. The van der Waals surface area contributed by atoms with E-state index in [1.54, 1.807) is 12.1 Å². The van der Waals surface area contributed by atoms with Crippen LogP contribution in [0, 0.1) is 0 Å². The molecule has 1 fully saturated rings. The summed E-state index contributed by atoms with van der Waals surface area (Å²) in [6, 6.07) is 4.03. The van der Waals surface area contributed by atoms with E-state index in [1.807, 2.05) is 0 Å². The Morgan fingerprint density at radius 1 is 1.42 bits per heavy atom. The summed E-state index contributed by atoms with van der Waals surface area (Å²) in [5, 5.41) is 19.4. The second-order valence-corrected chi connectivity index (χ2v) is 5.64. The molecule has 126 valence electrons. The molecule has 10 heteroatoms. The quantitative estimate of drug-likeness (QED) is 0.472. The fourth-order valence-electron chi connectivity index (χ4n) is 3.02. The third kappa shape index (κ3) is 2.59. The van der Waals surface area contributed by atoms with Gasteiger partial charge in [0.15, 0.2) is 0 Å². The van der Waals surface area contributed by atoms with Crippen LogP contribution in [-0.4, -0.2) is 70.5 Å². The minimum absolute atomic E-state index is 0.0617. The van der Waals surface area contributed by atoms with E-state index in [-0.39, 0.29) is 37.4 Å². The maximum absolute atomic E-state index is 12.4. The minimum Gasteiger partial charge on any atom is -0.534 e. The van der Waals surface area contributed by atoms with Crippen molar-refractivity contribution in [2.75, 3.05) is 19.6 Å². The second kappa shape index (κ2) is 6.14. The maximum Gasteiger partial charge on any atom is 0.547 e. The molecule has 2 aliphatic heterocycles. The highest BCUT2D eigenvalue weighted by atomic mass is 16.5. The number of urea groups is 1. The van der Waals surface area contributed by atoms with Gasteiger partial charge in [-0.25, -0.2) is 9.59 Å². The summed E-state index contributed by atoms with van der Waals surface area (Å²) in [5.74, 6) is -2.48. The second-order valence-electron chi connectivity index (χ2n) is 5.64. The number of imide groups is 1. The highest BCUT2D eigenvalue weighted by Gasteiger charge is 2.49. The van der Waals surface area contributed by atoms with E-state index < -0.39 is 31.0 Å². The number of hydrogen-bond donors (Lipinski definition) is 3. The van der Waals surface area contributed by atoms with E-state index in [0.717, 1.165) is 4.90 Å². The molecule has 1 aromatic rings. The number of carboxylic acids is 1. The van der Waals surface area contributed by atoms with Gasteiger partial charge in [-0.05, 0) is 18.1 Å². The van der Waals surface area contributed by atoms with Gasteiger partial charge in [-0.3, -0.25) is 9.69 Å². The topological polar surface area (TPSA) is 133 Å². The van der Waals surface area contributed by atoms with Gasteiger partial charge in [0.25, 0.3) is 0 Å². The summed E-state index contributed by atoms with van der Waals surface area (Å²) in [6.45, 7) is 0.368. The molecule has 1 atom stereocenters. The van der Waals surface area contributed by atoms with Crippen molar-refractivity contribution in [3.63, 3.8) is 0 Å². The van der Waals surface area contributed by atoms with Crippen molar-refractivity contribution in [3.8, 4) is 5.75 Å².